The number of halogens is 2. The van der Waals surface area contributed by atoms with Gasteiger partial charge in [-0.15, -0.1) is 0 Å². The largest absolute Gasteiger partial charge is 0.377 e. The van der Waals surface area contributed by atoms with Crippen LogP contribution in [0.4, 0.5) is 8.78 Å². The molecule has 1 aromatic carbocycles. The molecule has 4 heteroatoms. The highest BCUT2D eigenvalue weighted by Gasteiger charge is 2.26. The van der Waals surface area contributed by atoms with E-state index in [9.17, 15) is 8.78 Å². The second-order valence-corrected chi connectivity index (χ2v) is 4.35. The van der Waals surface area contributed by atoms with Crippen LogP contribution >= 0.6 is 0 Å². The van der Waals surface area contributed by atoms with Crippen molar-refractivity contribution in [2.75, 3.05) is 13.7 Å². The number of hydrogen-bond donors (Lipinski definition) is 1. The van der Waals surface area contributed by atoms with Crippen LogP contribution in [-0.2, 0) is 11.2 Å². The minimum absolute atomic E-state index is 0.0381. The standard InChI is InChI=1S/C13H17F2NO/c1-16-12(13-6-3-7-17-13)8-9-10(14)4-2-5-11(9)15/h2,4-5,12-13,16H,3,6-8H2,1H3. The molecule has 0 saturated carbocycles. The maximum absolute atomic E-state index is 13.5. The Morgan fingerprint density at radius 2 is 2.12 bits per heavy atom. The van der Waals surface area contributed by atoms with E-state index in [0.717, 1.165) is 19.4 Å². The maximum Gasteiger partial charge on any atom is 0.129 e. The topological polar surface area (TPSA) is 21.3 Å². The fraction of sp³-hybridized carbons (Fsp3) is 0.538. The molecular weight excluding hydrogens is 224 g/mol. The van der Waals surface area contributed by atoms with E-state index in [-0.39, 0.29) is 17.7 Å². The van der Waals surface area contributed by atoms with Crippen LogP contribution in [0.1, 0.15) is 18.4 Å². The zero-order valence-corrected chi connectivity index (χ0v) is 9.88. The Labute approximate surface area is 100.0 Å². The van der Waals surface area contributed by atoms with Crippen LogP contribution in [-0.4, -0.2) is 25.8 Å². The molecule has 0 aliphatic carbocycles. The predicted molar refractivity (Wildman–Crippen MR) is 61.9 cm³/mol. The van der Waals surface area contributed by atoms with Crippen molar-refractivity contribution in [3.63, 3.8) is 0 Å². The van der Waals surface area contributed by atoms with Crippen molar-refractivity contribution in [3.05, 3.63) is 35.4 Å². The molecule has 2 nitrogen and oxygen atoms in total. The molecule has 2 atom stereocenters. The summed E-state index contributed by atoms with van der Waals surface area (Å²) in [4.78, 5) is 0. The third-order valence-electron chi connectivity index (χ3n) is 3.27. The Kier molecular flexibility index (Phi) is 4.07. The van der Waals surface area contributed by atoms with Gasteiger partial charge >= 0.3 is 0 Å². The summed E-state index contributed by atoms with van der Waals surface area (Å²) in [5.74, 6) is -0.966. The van der Waals surface area contributed by atoms with E-state index in [1.54, 1.807) is 7.05 Å². The van der Waals surface area contributed by atoms with Gasteiger partial charge in [-0.3, -0.25) is 0 Å². The van der Waals surface area contributed by atoms with Crippen LogP contribution in [0.5, 0.6) is 0 Å². The minimum Gasteiger partial charge on any atom is -0.377 e. The summed E-state index contributed by atoms with van der Waals surface area (Å²) < 4.78 is 32.6. The van der Waals surface area contributed by atoms with E-state index < -0.39 is 11.6 Å². The van der Waals surface area contributed by atoms with Crippen LogP contribution in [0.25, 0.3) is 0 Å². The Balaban J connectivity index is 2.12. The van der Waals surface area contributed by atoms with Gasteiger partial charge in [0.1, 0.15) is 11.6 Å². The van der Waals surface area contributed by atoms with Gasteiger partial charge < -0.3 is 10.1 Å². The van der Waals surface area contributed by atoms with Crippen LogP contribution in [0.2, 0.25) is 0 Å². The van der Waals surface area contributed by atoms with E-state index in [0.29, 0.717) is 6.42 Å². The number of benzene rings is 1. The van der Waals surface area contributed by atoms with E-state index in [1.165, 1.54) is 18.2 Å². The SMILES string of the molecule is CNC(Cc1c(F)cccc1F)C1CCCO1. The Morgan fingerprint density at radius 3 is 2.65 bits per heavy atom. The number of hydrogen-bond acceptors (Lipinski definition) is 2. The first-order chi connectivity index (χ1) is 8.22. The number of rotatable bonds is 4. The van der Waals surface area contributed by atoms with Crippen LogP contribution in [0, 0.1) is 11.6 Å². The first kappa shape index (κ1) is 12.5. The lowest BCUT2D eigenvalue weighted by Gasteiger charge is -2.22. The highest BCUT2D eigenvalue weighted by Crippen LogP contribution is 2.21. The molecule has 1 heterocycles. The third kappa shape index (κ3) is 2.82. The van der Waals surface area contributed by atoms with Gasteiger partial charge in [-0.2, -0.15) is 0 Å². The number of likely N-dealkylation sites (N-methyl/N-ethyl adjacent to an activating group) is 1. The predicted octanol–water partition coefficient (Wildman–Crippen LogP) is 2.27. The zero-order chi connectivity index (χ0) is 12.3. The van der Waals surface area contributed by atoms with Crippen molar-refractivity contribution in [3.8, 4) is 0 Å². The van der Waals surface area contributed by atoms with Gasteiger partial charge in [0.05, 0.1) is 6.10 Å². The van der Waals surface area contributed by atoms with Crippen molar-refractivity contribution in [1.29, 1.82) is 0 Å². The molecule has 1 fully saturated rings. The van der Waals surface area contributed by atoms with Gasteiger partial charge in [-0.25, -0.2) is 8.78 Å². The molecule has 0 amide bonds. The van der Waals surface area contributed by atoms with Gasteiger partial charge in [0.25, 0.3) is 0 Å². The molecule has 1 aliphatic rings. The summed E-state index contributed by atoms with van der Waals surface area (Å²) in [6.07, 6.45) is 2.34. The van der Waals surface area contributed by atoms with Gasteiger partial charge in [0.15, 0.2) is 0 Å². The Hall–Kier alpha value is -1.00. The quantitative estimate of drug-likeness (QED) is 0.873. The van der Waals surface area contributed by atoms with Crippen molar-refractivity contribution in [2.24, 2.45) is 0 Å². The van der Waals surface area contributed by atoms with E-state index in [2.05, 4.69) is 5.32 Å². The maximum atomic E-state index is 13.5. The molecule has 1 N–H and O–H groups in total. The summed E-state index contributed by atoms with van der Waals surface area (Å²) in [6.45, 7) is 0.739. The van der Waals surface area contributed by atoms with Crippen LogP contribution in [0.3, 0.4) is 0 Å². The molecule has 94 valence electrons. The number of nitrogens with one attached hydrogen (secondary N) is 1. The lowest BCUT2D eigenvalue weighted by atomic mass is 9.99. The van der Waals surface area contributed by atoms with Gasteiger partial charge in [0.2, 0.25) is 0 Å². The Morgan fingerprint density at radius 1 is 1.41 bits per heavy atom. The average Bonchev–Trinajstić information content (AvgIpc) is 2.82. The molecule has 0 spiro atoms. The average molecular weight is 241 g/mol. The molecule has 2 unspecified atom stereocenters. The van der Waals surface area contributed by atoms with Gasteiger partial charge in [0, 0.05) is 18.2 Å². The molecule has 1 saturated heterocycles. The molecule has 0 aromatic heterocycles. The van der Waals surface area contributed by atoms with Crippen LogP contribution < -0.4 is 5.32 Å². The fourth-order valence-electron chi connectivity index (χ4n) is 2.29. The van der Waals surface area contributed by atoms with Crippen molar-refractivity contribution in [1.82, 2.24) is 5.32 Å². The second kappa shape index (κ2) is 5.56. The van der Waals surface area contributed by atoms with Gasteiger partial charge in [-0.05, 0) is 38.4 Å². The highest BCUT2D eigenvalue weighted by molar-refractivity contribution is 5.21. The summed E-state index contributed by atoms with van der Waals surface area (Å²) in [5, 5.41) is 3.09. The first-order valence-electron chi connectivity index (χ1n) is 5.94. The lowest BCUT2D eigenvalue weighted by Crippen LogP contribution is -2.39. The Bertz CT molecular complexity index is 357. The molecular formula is C13H17F2NO. The molecule has 1 aliphatic heterocycles. The monoisotopic (exact) mass is 241 g/mol. The molecule has 0 radical (unpaired) electrons. The second-order valence-electron chi connectivity index (χ2n) is 4.35. The summed E-state index contributed by atoms with van der Waals surface area (Å²) >= 11 is 0. The van der Waals surface area contributed by atoms with E-state index >= 15 is 0 Å². The van der Waals surface area contributed by atoms with Crippen molar-refractivity contribution < 1.29 is 13.5 Å². The highest BCUT2D eigenvalue weighted by atomic mass is 19.1. The normalized spacial score (nSPS) is 21.7. The fourth-order valence-corrected chi connectivity index (χ4v) is 2.29. The van der Waals surface area contributed by atoms with Crippen LogP contribution in [0.15, 0.2) is 18.2 Å². The zero-order valence-electron chi connectivity index (χ0n) is 9.88. The van der Waals surface area contributed by atoms with Crippen molar-refractivity contribution in [2.45, 2.75) is 31.4 Å². The molecule has 0 bridgehead atoms. The summed E-state index contributed by atoms with van der Waals surface area (Å²) in [5.41, 5.74) is 0.141. The van der Waals surface area contributed by atoms with Gasteiger partial charge in [-0.1, -0.05) is 6.07 Å². The lowest BCUT2D eigenvalue weighted by molar-refractivity contribution is 0.0803. The smallest absolute Gasteiger partial charge is 0.129 e. The molecule has 17 heavy (non-hydrogen) atoms. The van der Waals surface area contributed by atoms with E-state index in [1.807, 2.05) is 0 Å². The molecule has 1 aromatic rings. The van der Waals surface area contributed by atoms with E-state index in [4.69, 9.17) is 4.74 Å². The number of ether oxygens (including phenoxy) is 1. The summed E-state index contributed by atoms with van der Waals surface area (Å²) in [6, 6.07) is 3.93. The first-order valence-corrected chi connectivity index (χ1v) is 5.94. The third-order valence-corrected chi connectivity index (χ3v) is 3.27. The minimum atomic E-state index is -0.483. The summed E-state index contributed by atoms with van der Waals surface area (Å²) in [7, 11) is 1.80. The molecule has 2 rings (SSSR count). The van der Waals surface area contributed by atoms with Crippen molar-refractivity contribution >= 4 is 0 Å².